The topological polar surface area (TPSA) is 0 Å². The van der Waals surface area contributed by atoms with Crippen molar-refractivity contribution in [1.29, 1.82) is 0 Å². The van der Waals surface area contributed by atoms with E-state index in [0.29, 0.717) is 0 Å². The van der Waals surface area contributed by atoms with E-state index in [2.05, 4.69) is 28.9 Å². The van der Waals surface area contributed by atoms with Gasteiger partial charge in [-0.15, -0.1) is 0 Å². The summed E-state index contributed by atoms with van der Waals surface area (Å²) < 4.78 is 1.40. The summed E-state index contributed by atoms with van der Waals surface area (Å²) in [6, 6.07) is 0. The van der Waals surface area contributed by atoms with E-state index in [9.17, 15) is 0 Å². The Morgan fingerprint density at radius 1 is 1.75 bits per heavy atom. The van der Waals surface area contributed by atoms with Crippen molar-refractivity contribution in [1.82, 2.24) is 0 Å². The Morgan fingerprint density at radius 3 is 2.88 bits per heavy atom. The van der Waals surface area contributed by atoms with Gasteiger partial charge in [-0.25, -0.2) is 0 Å². The summed E-state index contributed by atoms with van der Waals surface area (Å²) in [5, 5.41) is 0. The molecule has 0 aromatic carbocycles. The van der Waals surface area contributed by atoms with Crippen molar-refractivity contribution in [2.45, 2.75) is 26.2 Å². The Labute approximate surface area is 59.1 Å². The van der Waals surface area contributed by atoms with Crippen LogP contribution in [0.25, 0.3) is 0 Å². The molecule has 0 fully saturated rings. The average molecular weight is 175 g/mol. The summed E-state index contributed by atoms with van der Waals surface area (Å²) in [5.74, 6) is 0.898. The number of rotatable bonds is 0. The van der Waals surface area contributed by atoms with Crippen LogP contribution in [-0.2, 0) is 0 Å². The summed E-state index contributed by atoms with van der Waals surface area (Å²) in [7, 11) is 0. The zero-order chi connectivity index (χ0) is 5.98. The second kappa shape index (κ2) is 2.67. The molecular weight excluding hydrogens is 164 g/mol. The fraction of sp³-hybridized carbons (Fsp3) is 0.714. The molecule has 0 nitrogen and oxygen atoms in total. The highest BCUT2D eigenvalue weighted by molar-refractivity contribution is 9.11. The van der Waals surface area contributed by atoms with Crippen molar-refractivity contribution in [3.05, 3.63) is 10.6 Å². The molecule has 1 heteroatoms. The standard InChI is InChI=1S/C7H11Br/c1-6-3-2-4-7(8)5-6/h4,6H,2-3,5H2,1H3. The van der Waals surface area contributed by atoms with E-state index in [-0.39, 0.29) is 0 Å². The number of hydrogen-bond donors (Lipinski definition) is 0. The average Bonchev–Trinajstić information content (AvgIpc) is 1.64. The maximum Gasteiger partial charge on any atom is -0.00866 e. The minimum atomic E-state index is 0.898. The smallest absolute Gasteiger partial charge is 0.00866 e. The van der Waals surface area contributed by atoms with Crippen molar-refractivity contribution in [2.24, 2.45) is 5.92 Å². The van der Waals surface area contributed by atoms with Gasteiger partial charge in [-0.05, 0) is 29.7 Å². The van der Waals surface area contributed by atoms with E-state index >= 15 is 0 Å². The van der Waals surface area contributed by atoms with Gasteiger partial charge in [0.15, 0.2) is 0 Å². The molecule has 0 aliphatic heterocycles. The van der Waals surface area contributed by atoms with E-state index in [1.165, 1.54) is 23.7 Å². The van der Waals surface area contributed by atoms with Crippen molar-refractivity contribution in [2.75, 3.05) is 0 Å². The summed E-state index contributed by atoms with van der Waals surface area (Å²) >= 11 is 3.49. The molecule has 1 rings (SSSR count). The molecule has 0 amide bonds. The van der Waals surface area contributed by atoms with Gasteiger partial charge >= 0.3 is 0 Å². The first kappa shape index (κ1) is 6.34. The molecule has 0 bridgehead atoms. The zero-order valence-electron chi connectivity index (χ0n) is 5.15. The Morgan fingerprint density at radius 2 is 2.50 bits per heavy atom. The van der Waals surface area contributed by atoms with Crippen LogP contribution < -0.4 is 0 Å². The second-order valence-corrected chi connectivity index (χ2v) is 3.56. The fourth-order valence-corrected chi connectivity index (χ4v) is 1.82. The lowest BCUT2D eigenvalue weighted by molar-refractivity contribution is 0.523. The van der Waals surface area contributed by atoms with Gasteiger partial charge in [-0.2, -0.15) is 0 Å². The van der Waals surface area contributed by atoms with Gasteiger partial charge in [0.1, 0.15) is 0 Å². The zero-order valence-corrected chi connectivity index (χ0v) is 6.74. The van der Waals surface area contributed by atoms with E-state index in [0.717, 1.165) is 5.92 Å². The van der Waals surface area contributed by atoms with Crippen molar-refractivity contribution < 1.29 is 0 Å². The SMILES string of the molecule is CC1CCC=C(Br)C1. The van der Waals surface area contributed by atoms with Crippen molar-refractivity contribution >= 4 is 15.9 Å². The van der Waals surface area contributed by atoms with Crippen LogP contribution in [-0.4, -0.2) is 0 Å². The first-order chi connectivity index (χ1) is 3.79. The van der Waals surface area contributed by atoms with Crippen LogP contribution in [0.3, 0.4) is 0 Å². The van der Waals surface area contributed by atoms with Crippen LogP contribution in [0.15, 0.2) is 10.6 Å². The summed E-state index contributed by atoms with van der Waals surface area (Å²) in [5.41, 5.74) is 0. The third-order valence-electron chi connectivity index (χ3n) is 1.57. The lowest BCUT2D eigenvalue weighted by Crippen LogP contribution is -1.98. The Kier molecular flexibility index (Phi) is 2.12. The molecule has 0 heterocycles. The predicted octanol–water partition coefficient (Wildman–Crippen LogP) is 3.09. The minimum absolute atomic E-state index is 0.898. The van der Waals surface area contributed by atoms with Crippen molar-refractivity contribution in [3.8, 4) is 0 Å². The molecule has 1 aliphatic rings. The third kappa shape index (κ3) is 1.62. The summed E-state index contributed by atoms with van der Waals surface area (Å²) in [4.78, 5) is 0. The van der Waals surface area contributed by atoms with Crippen molar-refractivity contribution in [3.63, 3.8) is 0 Å². The lowest BCUT2D eigenvalue weighted by atomic mass is 9.97. The summed E-state index contributed by atoms with van der Waals surface area (Å²) in [6.07, 6.45) is 6.16. The first-order valence-electron chi connectivity index (χ1n) is 3.13. The molecule has 0 saturated carbocycles. The molecule has 0 saturated heterocycles. The molecule has 0 spiro atoms. The minimum Gasteiger partial charge on any atom is -0.0743 e. The third-order valence-corrected chi connectivity index (χ3v) is 2.22. The van der Waals surface area contributed by atoms with E-state index in [4.69, 9.17) is 0 Å². The van der Waals surface area contributed by atoms with Gasteiger partial charge in [0.25, 0.3) is 0 Å². The number of allylic oxidation sites excluding steroid dienone is 2. The van der Waals surface area contributed by atoms with E-state index in [1.807, 2.05) is 0 Å². The Balaban J connectivity index is 2.45. The van der Waals surface area contributed by atoms with Crippen LogP contribution in [0.1, 0.15) is 26.2 Å². The van der Waals surface area contributed by atoms with Crippen LogP contribution in [0.5, 0.6) is 0 Å². The lowest BCUT2D eigenvalue weighted by Gasteiger charge is -2.13. The number of hydrogen-bond acceptors (Lipinski definition) is 0. The largest absolute Gasteiger partial charge is 0.0743 e. The molecule has 1 atom stereocenters. The number of halogens is 1. The summed E-state index contributed by atoms with van der Waals surface area (Å²) in [6.45, 7) is 2.30. The highest BCUT2D eigenvalue weighted by Crippen LogP contribution is 2.26. The highest BCUT2D eigenvalue weighted by Gasteiger charge is 2.07. The van der Waals surface area contributed by atoms with Gasteiger partial charge < -0.3 is 0 Å². The van der Waals surface area contributed by atoms with Crippen LogP contribution in [0.2, 0.25) is 0 Å². The molecule has 46 valence electrons. The van der Waals surface area contributed by atoms with E-state index in [1.54, 1.807) is 0 Å². The molecular formula is C7H11Br. The van der Waals surface area contributed by atoms with Crippen LogP contribution >= 0.6 is 15.9 Å². The predicted molar refractivity (Wildman–Crippen MR) is 40.0 cm³/mol. The molecule has 1 aliphatic carbocycles. The molecule has 0 N–H and O–H groups in total. The van der Waals surface area contributed by atoms with Gasteiger partial charge in [0.05, 0.1) is 0 Å². The monoisotopic (exact) mass is 174 g/mol. The molecule has 0 radical (unpaired) electrons. The molecule has 0 aromatic heterocycles. The Bertz CT molecular complexity index is 105. The maximum absolute atomic E-state index is 3.49. The van der Waals surface area contributed by atoms with E-state index < -0.39 is 0 Å². The molecule has 8 heavy (non-hydrogen) atoms. The second-order valence-electron chi connectivity index (χ2n) is 2.54. The quantitative estimate of drug-likeness (QED) is 0.530. The van der Waals surface area contributed by atoms with Crippen LogP contribution in [0, 0.1) is 5.92 Å². The maximum atomic E-state index is 3.49. The first-order valence-corrected chi connectivity index (χ1v) is 3.93. The van der Waals surface area contributed by atoms with Gasteiger partial charge in [-0.3, -0.25) is 0 Å². The van der Waals surface area contributed by atoms with Gasteiger partial charge in [-0.1, -0.05) is 28.9 Å². The normalized spacial score (nSPS) is 29.8. The molecule has 0 aromatic rings. The van der Waals surface area contributed by atoms with Gasteiger partial charge in [0.2, 0.25) is 0 Å². The Hall–Kier alpha value is 0.220. The van der Waals surface area contributed by atoms with Gasteiger partial charge in [0, 0.05) is 0 Å². The highest BCUT2D eigenvalue weighted by atomic mass is 79.9. The molecule has 1 unspecified atom stereocenters. The van der Waals surface area contributed by atoms with Crippen LogP contribution in [0.4, 0.5) is 0 Å². The fourth-order valence-electron chi connectivity index (χ4n) is 1.04.